The Morgan fingerprint density at radius 3 is 2.85 bits per heavy atom. The van der Waals surface area contributed by atoms with E-state index in [-0.39, 0.29) is 11.9 Å². The number of anilines is 2. The van der Waals surface area contributed by atoms with E-state index in [1.165, 1.54) is 24.6 Å². The number of thiazole rings is 1. The Hall–Kier alpha value is -3.00. The molecule has 0 saturated carbocycles. The van der Waals surface area contributed by atoms with Gasteiger partial charge in [-0.2, -0.15) is 0 Å². The quantitative estimate of drug-likeness (QED) is 0.574. The topological polar surface area (TPSA) is 98.7 Å². The van der Waals surface area contributed by atoms with Gasteiger partial charge in [0.25, 0.3) is 0 Å². The van der Waals surface area contributed by atoms with E-state index in [0.717, 1.165) is 32.4 Å². The minimum Gasteiger partial charge on any atom is -0.383 e. The van der Waals surface area contributed by atoms with Crippen LogP contribution in [0.1, 0.15) is 26.8 Å². The number of aromatic nitrogens is 4. The zero-order valence-corrected chi connectivity index (χ0v) is 15.5. The summed E-state index contributed by atoms with van der Waals surface area (Å²) in [5.74, 6) is 0.335. The predicted molar refractivity (Wildman–Crippen MR) is 105 cm³/mol. The summed E-state index contributed by atoms with van der Waals surface area (Å²) in [5, 5.41) is 4.18. The van der Waals surface area contributed by atoms with Crippen molar-refractivity contribution >= 4 is 49.4 Å². The number of hydrogen-bond donors (Lipinski definition) is 2. The first-order chi connectivity index (χ1) is 12.4. The maximum absolute atomic E-state index is 11.3. The molecular weight excluding hydrogens is 348 g/mol. The summed E-state index contributed by atoms with van der Waals surface area (Å²) >= 11 is 1.44. The monoisotopic (exact) mass is 366 g/mol. The number of benzene rings is 1. The third-order valence-corrected chi connectivity index (χ3v) is 5.11. The number of carbonyl (C=O) groups is 1. The van der Waals surface area contributed by atoms with E-state index in [1.54, 1.807) is 0 Å². The van der Waals surface area contributed by atoms with Crippen LogP contribution >= 0.6 is 11.3 Å². The molecule has 0 aliphatic rings. The highest BCUT2D eigenvalue weighted by Gasteiger charge is 2.17. The van der Waals surface area contributed by atoms with E-state index in [9.17, 15) is 4.79 Å². The number of nitrogens with one attached hydrogen (secondary N) is 1. The van der Waals surface area contributed by atoms with Crippen LogP contribution in [0.5, 0.6) is 0 Å². The van der Waals surface area contributed by atoms with E-state index < -0.39 is 0 Å². The molecule has 7 nitrogen and oxygen atoms in total. The summed E-state index contributed by atoms with van der Waals surface area (Å²) in [6.45, 7) is 5.68. The van der Waals surface area contributed by atoms with Crippen molar-refractivity contribution in [3.63, 3.8) is 0 Å². The molecule has 0 saturated heterocycles. The molecule has 3 heterocycles. The van der Waals surface area contributed by atoms with Crippen LogP contribution in [-0.4, -0.2) is 25.4 Å². The molecule has 0 bridgehead atoms. The summed E-state index contributed by atoms with van der Waals surface area (Å²) in [5.41, 5.74) is 9.83. The molecule has 0 radical (unpaired) electrons. The summed E-state index contributed by atoms with van der Waals surface area (Å²) in [6, 6.07) is 6.26. The molecule has 0 aliphatic carbocycles. The van der Waals surface area contributed by atoms with E-state index >= 15 is 0 Å². The summed E-state index contributed by atoms with van der Waals surface area (Å²) < 4.78 is 3.09. The molecule has 0 spiro atoms. The molecule has 1 aromatic carbocycles. The van der Waals surface area contributed by atoms with Gasteiger partial charge in [0.2, 0.25) is 5.91 Å². The number of nitrogens with two attached hydrogens (primary N) is 1. The number of carbonyl (C=O) groups excluding carboxylic acids is 1. The number of hydrogen-bond acceptors (Lipinski definition) is 6. The summed E-state index contributed by atoms with van der Waals surface area (Å²) in [7, 11) is 0. The Morgan fingerprint density at radius 1 is 1.31 bits per heavy atom. The lowest BCUT2D eigenvalue weighted by Crippen LogP contribution is -2.04. The lowest BCUT2D eigenvalue weighted by atomic mass is 10.1. The highest BCUT2D eigenvalue weighted by Crippen LogP contribution is 2.37. The van der Waals surface area contributed by atoms with Gasteiger partial charge in [0.1, 0.15) is 17.8 Å². The van der Waals surface area contributed by atoms with Gasteiger partial charge in [-0.25, -0.2) is 15.0 Å². The Morgan fingerprint density at radius 2 is 2.12 bits per heavy atom. The van der Waals surface area contributed by atoms with E-state index in [2.05, 4.69) is 50.9 Å². The molecule has 4 rings (SSSR count). The first-order valence-electron chi connectivity index (χ1n) is 8.23. The Labute approximate surface area is 153 Å². The molecule has 1 amide bonds. The van der Waals surface area contributed by atoms with Crippen LogP contribution in [0.2, 0.25) is 0 Å². The number of fused-ring (bicyclic) bond motifs is 2. The Balaban J connectivity index is 1.91. The molecule has 3 N–H and O–H groups in total. The van der Waals surface area contributed by atoms with Gasteiger partial charge in [-0.15, -0.1) is 0 Å². The second-order valence-corrected chi connectivity index (χ2v) is 7.41. The summed E-state index contributed by atoms with van der Waals surface area (Å²) in [6.07, 6.45) is 3.56. The second-order valence-electron chi connectivity index (χ2n) is 6.38. The van der Waals surface area contributed by atoms with Crippen molar-refractivity contribution < 1.29 is 4.79 Å². The van der Waals surface area contributed by atoms with Crippen molar-refractivity contribution in [2.75, 3.05) is 11.1 Å². The molecule has 8 heteroatoms. The van der Waals surface area contributed by atoms with Crippen molar-refractivity contribution in [2.24, 2.45) is 0 Å². The average molecular weight is 366 g/mol. The van der Waals surface area contributed by atoms with Crippen LogP contribution in [0.25, 0.3) is 32.4 Å². The van der Waals surface area contributed by atoms with Crippen LogP contribution in [0, 0.1) is 0 Å². The van der Waals surface area contributed by atoms with Crippen LogP contribution < -0.4 is 11.1 Å². The standard InChI is InChI=1S/C18H18N6OS/c1-9(2)24-7-12(15-16(19)20-8-21-17(15)24)11-4-5-13-14(6-11)26-18(23-13)22-10(3)25/h4-9H,1-3H3,(H2,19,20,21)(H,22,23,25). The normalized spacial score (nSPS) is 11.5. The van der Waals surface area contributed by atoms with E-state index in [4.69, 9.17) is 5.73 Å². The molecular formula is C18H18N6OS. The molecule has 132 valence electrons. The van der Waals surface area contributed by atoms with Gasteiger partial charge in [0.15, 0.2) is 5.13 Å². The van der Waals surface area contributed by atoms with Crippen molar-refractivity contribution in [1.29, 1.82) is 0 Å². The van der Waals surface area contributed by atoms with Crippen LogP contribution in [0.15, 0.2) is 30.7 Å². The molecule has 0 aliphatic heterocycles. The van der Waals surface area contributed by atoms with Crippen LogP contribution in [-0.2, 0) is 4.79 Å². The largest absolute Gasteiger partial charge is 0.383 e. The first kappa shape index (κ1) is 16.5. The predicted octanol–water partition coefficient (Wildman–Crippen LogP) is 3.83. The third-order valence-electron chi connectivity index (χ3n) is 4.18. The van der Waals surface area contributed by atoms with Gasteiger partial charge >= 0.3 is 0 Å². The van der Waals surface area contributed by atoms with Crippen molar-refractivity contribution in [1.82, 2.24) is 19.5 Å². The Kier molecular flexibility index (Phi) is 3.84. The number of rotatable bonds is 3. The minimum atomic E-state index is -0.130. The van der Waals surface area contributed by atoms with Gasteiger partial charge in [-0.05, 0) is 31.5 Å². The summed E-state index contributed by atoms with van der Waals surface area (Å²) in [4.78, 5) is 24.3. The third kappa shape index (κ3) is 2.68. The van der Waals surface area contributed by atoms with E-state index in [0.29, 0.717) is 10.9 Å². The Bertz CT molecular complexity index is 1140. The number of nitrogens with zero attached hydrogens (tertiary/aromatic N) is 4. The molecule has 26 heavy (non-hydrogen) atoms. The van der Waals surface area contributed by atoms with Gasteiger partial charge < -0.3 is 15.6 Å². The van der Waals surface area contributed by atoms with Crippen molar-refractivity contribution in [3.05, 3.63) is 30.7 Å². The fourth-order valence-electron chi connectivity index (χ4n) is 3.02. The fraction of sp³-hybridized carbons (Fsp3) is 0.222. The zero-order chi connectivity index (χ0) is 18.4. The highest BCUT2D eigenvalue weighted by atomic mass is 32.1. The van der Waals surface area contributed by atoms with Crippen LogP contribution in [0.4, 0.5) is 10.9 Å². The van der Waals surface area contributed by atoms with Crippen molar-refractivity contribution in [2.45, 2.75) is 26.8 Å². The second kappa shape index (κ2) is 6.06. The van der Waals surface area contributed by atoms with Gasteiger partial charge in [0.05, 0.1) is 15.6 Å². The lowest BCUT2D eigenvalue weighted by molar-refractivity contribution is -0.114. The number of amides is 1. The smallest absolute Gasteiger partial charge is 0.223 e. The minimum absolute atomic E-state index is 0.130. The van der Waals surface area contributed by atoms with Gasteiger partial charge in [-0.1, -0.05) is 17.4 Å². The highest BCUT2D eigenvalue weighted by molar-refractivity contribution is 7.22. The molecule has 0 atom stereocenters. The molecule has 3 aromatic heterocycles. The maximum Gasteiger partial charge on any atom is 0.223 e. The van der Waals surface area contributed by atoms with Gasteiger partial charge in [0, 0.05) is 24.7 Å². The van der Waals surface area contributed by atoms with Crippen LogP contribution in [0.3, 0.4) is 0 Å². The molecule has 4 aromatic rings. The maximum atomic E-state index is 11.3. The molecule has 0 unspecified atom stereocenters. The first-order valence-corrected chi connectivity index (χ1v) is 9.05. The molecule has 0 fully saturated rings. The fourth-order valence-corrected chi connectivity index (χ4v) is 3.97. The van der Waals surface area contributed by atoms with E-state index in [1.807, 2.05) is 12.1 Å². The van der Waals surface area contributed by atoms with Crippen molar-refractivity contribution in [3.8, 4) is 11.1 Å². The SMILES string of the molecule is CC(=O)Nc1nc2ccc(-c3cn(C(C)C)c4ncnc(N)c34)cc2s1. The average Bonchev–Trinajstić information content (AvgIpc) is 3.14. The number of nitrogen functional groups attached to an aromatic ring is 1. The van der Waals surface area contributed by atoms with Gasteiger partial charge in [-0.3, -0.25) is 4.79 Å². The lowest BCUT2D eigenvalue weighted by Gasteiger charge is -2.07. The zero-order valence-electron chi connectivity index (χ0n) is 14.6.